The van der Waals surface area contributed by atoms with Crippen LogP contribution in [0, 0.1) is 5.92 Å². The maximum atomic E-state index is 13.5. The second kappa shape index (κ2) is 8.19. The molecule has 0 radical (unpaired) electrons. The van der Waals surface area contributed by atoms with Crippen molar-refractivity contribution in [3.63, 3.8) is 0 Å². The average molecular weight is 399 g/mol. The number of nitrogens with zero attached hydrogens (tertiary/aromatic N) is 2. The Morgan fingerprint density at radius 2 is 1.97 bits per heavy atom. The molecule has 0 aromatic heterocycles. The second-order valence-corrected chi connectivity index (χ2v) is 7.67. The molecule has 2 aliphatic rings. The van der Waals surface area contributed by atoms with Crippen LogP contribution in [0.3, 0.4) is 0 Å². The predicted octanol–water partition coefficient (Wildman–Crippen LogP) is 3.10. The minimum atomic E-state index is -0.611. The van der Waals surface area contributed by atoms with Crippen LogP contribution >= 0.6 is 0 Å². The molecule has 7 heteroatoms. The Labute approximate surface area is 171 Å². The number of carbonyl (C=O) groups is 2. The van der Waals surface area contributed by atoms with Crippen LogP contribution in [0.5, 0.6) is 11.5 Å². The van der Waals surface area contributed by atoms with Crippen LogP contribution in [0.25, 0.3) is 0 Å². The van der Waals surface area contributed by atoms with Gasteiger partial charge in [-0.25, -0.2) is 4.79 Å². The van der Waals surface area contributed by atoms with Gasteiger partial charge in [0.2, 0.25) is 0 Å². The van der Waals surface area contributed by atoms with E-state index in [9.17, 15) is 9.59 Å². The van der Waals surface area contributed by atoms with Crippen LogP contribution in [0.2, 0.25) is 0 Å². The van der Waals surface area contributed by atoms with Gasteiger partial charge in [-0.2, -0.15) is 0 Å². The van der Waals surface area contributed by atoms with E-state index in [2.05, 4.69) is 25.7 Å². The lowest BCUT2D eigenvalue weighted by Crippen LogP contribution is -2.47. The zero-order chi connectivity index (χ0) is 21.3. The maximum absolute atomic E-state index is 13.5. The number of hydrogen-bond donors (Lipinski definition) is 1. The molecule has 0 saturated heterocycles. The van der Waals surface area contributed by atoms with Crippen molar-refractivity contribution in [2.24, 2.45) is 5.92 Å². The Hall–Kier alpha value is -2.96. The van der Waals surface area contributed by atoms with E-state index in [1.165, 1.54) is 0 Å². The fourth-order valence-corrected chi connectivity index (χ4v) is 3.82. The van der Waals surface area contributed by atoms with Crippen molar-refractivity contribution in [2.45, 2.75) is 32.9 Å². The molecule has 29 heavy (non-hydrogen) atoms. The smallest absolute Gasteiger partial charge is 0.322 e. The molecule has 0 aliphatic carbocycles. The first-order chi connectivity index (χ1) is 13.8. The third-order valence-corrected chi connectivity index (χ3v) is 5.77. The Morgan fingerprint density at radius 1 is 1.24 bits per heavy atom. The highest BCUT2D eigenvalue weighted by molar-refractivity contribution is 6.01. The molecule has 2 atom stereocenters. The van der Waals surface area contributed by atoms with Crippen molar-refractivity contribution in [2.75, 3.05) is 27.3 Å². The van der Waals surface area contributed by atoms with Gasteiger partial charge < -0.3 is 19.7 Å². The zero-order valence-corrected chi connectivity index (χ0v) is 17.7. The fraction of sp³-hybridized carbons (Fsp3) is 0.455. The van der Waals surface area contributed by atoms with Crippen LogP contribution in [0.1, 0.15) is 32.4 Å². The summed E-state index contributed by atoms with van der Waals surface area (Å²) in [6.45, 7) is 10.7. The Kier molecular flexibility index (Phi) is 5.86. The van der Waals surface area contributed by atoms with E-state index in [4.69, 9.17) is 9.47 Å². The monoisotopic (exact) mass is 399 g/mol. The van der Waals surface area contributed by atoms with E-state index in [0.29, 0.717) is 41.6 Å². The second-order valence-electron chi connectivity index (χ2n) is 7.67. The van der Waals surface area contributed by atoms with Crippen LogP contribution in [0.4, 0.5) is 4.79 Å². The fourth-order valence-electron chi connectivity index (χ4n) is 3.82. The van der Waals surface area contributed by atoms with Crippen molar-refractivity contribution in [3.05, 3.63) is 47.7 Å². The van der Waals surface area contributed by atoms with Gasteiger partial charge in [0.05, 0.1) is 38.1 Å². The highest BCUT2D eigenvalue weighted by Gasteiger charge is 2.46. The molecule has 1 aromatic rings. The van der Waals surface area contributed by atoms with Gasteiger partial charge in [0.25, 0.3) is 5.91 Å². The molecular weight excluding hydrogens is 370 g/mol. The molecule has 1 aromatic carbocycles. The SMILES string of the molecule is C=CCN1C(=O)NC(c2cc(OC)ccc2OC)C2=C1CN(C(C)C(C)C)C2=O. The average Bonchev–Trinajstić information content (AvgIpc) is 3.05. The summed E-state index contributed by atoms with van der Waals surface area (Å²) in [4.78, 5) is 29.8. The lowest BCUT2D eigenvalue weighted by atomic mass is 9.94. The van der Waals surface area contributed by atoms with Gasteiger partial charge in [-0.05, 0) is 31.0 Å². The number of rotatable bonds is 7. The summed E-state index contributed by atoms with van der Waals surface area (Å²) >= 11 is 0. The minimum Gasteiger partial charge on any atom is -0.497 e. The van der Waals surface area contributed by atoms with E-state index >= 15 is 0 Å². The maximum Gasteiger partial charge on any atom is 0.322 e. The number of methoxy groups -OCH3 is 2. The molecule has 156 valence electrons. The number of carbonyl (C=O) groups excluding carboxylic acids is 2. The van der Waals surface area contributed by atoms with Gasteiger partial charge >= 0.3 is 6.03 Å². The van der Waals surface area contributed by atoms with Gasteiger partial charge in [-0.3, -0.25) is 9.69 Å². The van der Waals surface area contributed by atoms with E-state index in [1.54, 1.807) is 43.4 Å². The van der Waals surface area contributed by atoms with Crippen molar-refractivity contribution in [3.8, 4) is 11.5 Å². The number of urea groups is 1. The van der Waals surface area contributed by atoms with Crippen LogP contribution in [-0.2, 0) is 4.79 Å². The predicted molar refractivity (Wildman–Crippen MR) is 111 cm³/mol. The van der Waals surface area contributed by atoms with Crippen molar-refractivity contribution in [1.29, 1.82) is 0 Å². The molecule has 0 saturated carbocycles. The largest absolute Gasteiger partial charge is 0.497 e. The summed E-state index contributed by atoms with van der Waals surface area (Å²) in [6.07, 6.45) is 1.66. The van der Waals surface area contributed by atoms with Gasteiger partial charge in [-0.15, -0.1) is 6.58 Å². The molecule has 2 heterocycles. The lowest BCUT2D eigenvalue weighted by Gasteiger charge is -2.33. The first-order valence-electron chi connectivity index (χ1n) is 9.78. The number of benzene rings is 1. The van der Waals surface area contributed by atoms with Crippen molar-refractivity contribution >= 4 is 11.9 Å². The van der Waals surface area contributed by atoms with E-state index in [1.807, 2.05) is 11.8 Å². The first kappa shape index (κ1) is 20.8. The highest BCUT2D eigenvalue weighted by atomic mass is 16.5. The summed E-state index contributed by atoms with van der Waals surface area (Å²) in [6, 6.07) is 4.55. The number of ether oxygens (including phenoxy) is 2. The zero-order valence-electron chi connectivity index (χ0n) is 17.7. The summed E-state index contributed by atoms with van der Waals surface area (Å²) in [5.41, 5.74) is 1.99. The van der Waals surface area contributed by atoms with Crippen LogP contribution < -0.4 is 14.8 Å². The number of nitrogens with one attached hydrogen (secondary N) is 1. The molecule has 2 unspecified atom stereocenters. The summed E-state index contributed by atoms with van der Waals surface area (Å²) in [7, 11) is 3.15. The first-order valence-corrected chi connectivity index (χ1v) is 9.78. The number of hydrogen-bond acceptors (Lipinski definition) is 4. The van der Waals surface area contributed by atoms with Crippen LogP contribution in [0.15, 0.2) is 42.1 Å². The molecule has 0 spiro atoms. The van der Waals surface area contributed by atoms with Crippen LogP contribution in [-0.4, -0.2) is 55.1 Å². The van der Waals surface area contributed by atoms with Gasteiger partial charge in [-0.1, -0.05) is 19.9 Å². The standard InChI is InChI=1S/C22H29N3O4/c1-7-10-24-17-12-25(14(4)13(2)3)21(26)19(17)20(23-22(24)27)16-11-15(28-5)8-9-18(16)29-6/h7-9,11,13-14,20H,1,10,12H2,2-6H3,(H,23,27). The molecule has 0 fully saturated rings. The molecular formula is C22H29N3O4. The van der Waals surface area contributed by atoms with Gasteiger partial charge in [0, 0.05) is 18.2 Å². The van der Waals surface area contributed by atoms with Crippen molar-refractivity contribution in [1.82, 2.24) is 15.1 Å². The summed E-state index contributed by atoms with van der Waals surface area (Å²) in [5.74, 6) is 1.44. The lowest BCUT2D eigenvalue weighted by molar-refractivity contribution is -0.128. The molecule has 3 rings (SSSR count). The summed E-state index contributed by atoms with van der Waals surface area (Å²) < 4.78 is 10.9. The van der Waals surface area contributed by atoms with Gasteiger partial charge in [0.15, 0.2) is 0 Å². The third kappa shape index (κ3) is 3.57. The molecule has 3 amide bonds. The topological polar surface area (TPSA) is 71.1 Å². The third-order valence-electron chi connectivity index (χ3n) is 5.77. The van der Waals surface area contributed by atoms with Crippen molar-refractivity contribution < 1.29 is 19.1 Å². The Bertz CT molecular complexity index is 862. The molecule has 7 nitrogen and oxygen atoms in total. The Balaban J connectivity index is 2.13. The Morgan fingerprint density at radius 3 is 2.55 bits per heavy atom. The normalized spacial score (nSPS) is 20.0. The van der Waals surface area contributed by atoms with E-state index < -0.39 is 6.04 Å². The highest BCUT2D eigenvalue weighted by Crippen LogP contribution is 2.41. The minimum absolute atomic E-state index is 0.0432. The van der Waals surface area contributed by atoms with E-state index in [0.717, 1.165) is 5.70 Å². The number of amides is 3. The molecule has 1 N–H and O–H groups in total. The van der Waals surface area contributed by atoms with E-state index in [-0.39, 0.29) is 18.0 Å². The van der Waals surface area contributed by atoms with Gasteiger partial charge in [0.1, 0.15) is 11.5 Å². The molecule has 2 aliphatic heterocycles. The quantitative estimate of drug-likeness (QED) is 0.716. The molecule has 0 bridgehead atoms. The summed E-state index contributed by atoms with van der Waals surface area (Å²) in [5, 5.41) is 2.98.